The molecule has 4 nitrogen and oxygen atoms in total. The molecule has 0 bridgehead atoms. The number of carbonyl (C=O) groups is 1. The van der Waals surface area contributed by atoms with Crippen molar-refractivity contribution in [1.29, 1.82) is 0 Å². The average molecular weight is 291 g/mol. The second-order valence-electron chi connectivity index (χ2n) is 4.49. The lowest BCUT2D eigenvalue weighted by atomic mass is 10.2. The van der Waals surface area contributed by atoms with Crippen LogP contribution in [0.1, 0.15) is 11.1 Å². The Balaban J connectivity index is 2.07. The molecular formula is C15H15ClN2O2. The molecule has 0 saturated carbocycles. The quantitative estimate of drug-likeness (QED) is 0.817. The second kappa shape index (κ2) is 5.84. The summed E-state index contributed by atoms with van der Waals surface area (Å²) in [7, 11) is 0. The number of nitrogens with one attached hydrogen (secondary N) is 1. The molecule has 0 heterocycles. The first-order valence-corrected chi connectivity index (χ1v) is 6.44. The predicted octanol–water partition coefficient (Wildman–Crippen LogP) is 4.15. The van der Waals surface area contributed by atoms with E-state index in [9.17, 15) is 4.79 Å². The molecule has 5 heteroatoms. The number of nitrogen functional groups attached to an aromatic ring is 1. The van der Waals surface area contributed by atoms with Gasteiger partial charge >= 0.3 is 6.09 Å². The van der Waals surface area contributed by atoms with Gasteiger partial charge in [0.1, 0.15) is 5.75 Å². The summed E-state index contributed by atoms with van der Waals surface area (Å²) in [6, 6.07) is 10.3. The van der Waals surface area contributed by atoms with Crippen LogP contribution in [0.2, 0.25) is 5.02 Å². The monoisotopic (exact) mass is 290 g/mol. The lowest BCUT2D eigenvalue weighted by molar-refractivity contribution is 0.215. The maximum absolute atomic E-state index is 11.8. The van der Waals surface area contributed by atoms with Gasteiger partial charge in [0.25, 0.3) is 0 Å². The van der Waals surface area contributed by atoms with Crippen LogP contribution in [0.15, 0.2) is 36.4 Å². The normalized spacial score (nSPS) is 10.2. The largest absolute Gasteiger partial charge is 0.417 e. The van der Waals surface area contributed by atoms with E-state index >= 15 is 0 Å². The van der Waals surface area contributed by atoms with Crippen molar-refractivity contribution >= 4 is 29.1 Å². The highest BCUT2D eigenvalue weighted by molar-refractivity contribution is 6.30. The molecule has 2 rings (SSSR count). The van der Waals surface area contributed by atoms with E-state index in [2.05, 4.69) is 5.32 Å². The van der Waals surface area contributed by atoms with Gasteiger partial charge in [-0.2, -0.15) is 0 Å². The molecule has 104 valence electrons. The molecule has 0 unspecified atom stereocenters. The first kappa shape index (κ1) is 14.2. The number of benzene rings is 2. The van der Waals surface area contributed by atoms with Gasteiger partial charge < -0.3 is 10.5 Å². The number of rotatable bonds is 2. The highest BCUT2D eigenvalue weighted by atomic mass is 35.5. The van der Waals surface area contributed by atoms with Gasteiger partial charge in [-0.05, 0) is 49.2 Å². The molecule has 0 fully saturated rings. The molecule has 1 amide bonds. The van der Waals surface area contributed by atoms with Crippen molar-refractivity contribution in [3.8, 4) is 5.75 Å². The highest BCUT2D eigenvalue weighted by Gasteiger charge is 2.08. The molecule has 0 atom stereocenters. The van der Waals surface area contributed by atoms with Crippen LogP contribution in [-0.4, -0.2) is 6.09 Å². The Morgan fingerprint density at radius 2 is 1.90 bits per heavy atom. The molecule has 0 aromatic heterocycles. The third kappa shape index (κ3) is 3.42. The Kier molecular flexibility index (Phi) is 4.15. The van der Waals surface area contributed by atoms with Gasteiger partial charge in [0.2, 0.25) is 0 Å². The molecular weight excluding hydrogens is 276 g/mol. The van der Waals surface area contributed by atoms with Crippen LogP contribution in [0.25, 0.3) is 0 Å². The lowest BCUT2D eigenvalue weighted by Gasteiger charge is -2.10. The van der Waals surface area contributed by atoms with Crippen molar-refractivity contribution in [2.24, 2.45) is 0 Å². The average Bonchev–Trinajstić information content (AvgIpc) is 2.37. The lowest BCUT2D eigenvalue weighted by Crippen LogP contribution is -2.17. The maximum Gasteiger partial charge on any atom is 0.417 e. The van der Waals surface area contributed by atoms with Gasteiger partial charge in [-0.25, -0.2) is 4.79 Å². The fraction of sp³-hybridized carbons (Fsp3) is 0.133. The molecule has 0 saturated heterocycles. The van der Waals surface area contributed by atoms with E-state index in [4.69, 9.17) is 22.1 Å². The van der Waals surface area contributed by atoms with Crippen LogP contribution in [0.3, 0.4) is 0 Å². The summed E-state index contributed by atoms with van der Waals surface area (Å²) in [5, 5.41) is 3.28. The highest BCUT2D eigenvalue weighted by Crippen LogP contribution is 2.22. The zero-order valence-electron chi connectivity index (χ0n) is 11.2. The van der Waals surface area contributed by atoms with Crippen molar-refractivity contribution in [1.82, 2.24) is 0 Å². The van der Waals surface area contributed by atoms with Gasteiger partial charge in [0.05, 0.1) is 0 Å². The summed E-state index contributed by atoms with van der Waals surface area (Å²) in [5.74, 6) is 0.400. The summed E-state index contributed by atoms with van der Waals surface area (Å²) >= 11 is 5.86. The van der Waals surface area contributed by atoms with Crippen LogP contribution in [-0.2, 0) is 0 Å². The molecule has 0 aliphatic carbocycles. The first-order valence-electron chi connectivity index (χ1n) is 6.07. The molecule has 3 N–H and O–H groups in total. The summed E-state index contributed by atoms with van der Waals surface area (Å²) in [6.07, 6.45) is -0.571. The van der Waals surface area contributed by atoms with Crippen molar-refractivity contribution in [2.75, 3.05) is 11.1 Å². The topological polar surface area (TPSA) is 64.3 Å². The zero-order chi connectivity index (χ0) is 14.7. The first-order chi connectivity index (χ1) is 9.45. The van der Waals surface area contributed by atoms with Crippen LogP contribution in [0, 0.1) is 13.8 Å². The number of amides is 1. The van der Waals surface area contributed by atoms with E-state index in [1.807, 2.05) is 13.8 Å². The fourth-order valence-electron chi connectivity index (χ4n) is 1.69. The Morgan fingerprint density at radius 3 is 2.55 bits per heavy atom. The molecule has 2 aromatic carbocycles. The molecule has 0 aliphatic heterocycles. The molecule has 2 aromatic rings. The van der Waals surface area contributed by atoms with Gasteiger partial charge in [-0.1, -0.05) is 17.7 Å². The number of halogens is 1. The summed E-state index contributed by atoms with van der Waals surface area (Å²) in [4.78, 5) is 11.8. The number of nitrogens with two attached hydrogens (primary N) is 1. The fourth-order valence-corrected chi connectivity index (χ4v) is 1.92. The van der Waals surface area contributed by atoms with Gasteiger partial charge in [-0.15, -0.1) is 0 Å². The Labute approximate surface area is 122 Å². The van der Waals surface area contributed by atoms with Crippen molar-refractivity contribution in [3.63, 3.8) is 0 Å². The van der Waals surface area contributed by atoms with E-state index < -0.39 is 6.09 Å². The number of carbonyl (C=O) groups excluding carboxylic acids is 1. The summed E-state index contributed by atoms with van der Waals surface area (Å²) in [5.41, 5.74) is 8.79. The SMILES string of the molecule is Cc1ccc(OC(=O)Nc2ccc(Cl)cc2C)cc1N. The minimum Gasteiger partial charge on any atom is -0.410 e. The Morgan fingerprint density at radius 1 is 1.15 bits per heavy atom. The number of hydrogen-bond acceptors (Lipinski definition) is 3. The predicted molar refractivity (Wildman–Crippen MR) is 81.4 cm³/mol. The molecule has 0 aliphatic rings. The zero-order valence-corrected chi connectivity index (χ0v) is 12.0. The number of ether oxygens (including phenoxy) is 1. The van der Waals surface area contributed by atoms with Crippen molar-refractivity contribution in [2.45, 2.75) is 13.8 Å². The van der Waals surface area contributed by atoms with Gasteiger partial charge in [-0.3, -0.25) is 5.32 Å². The van der Waals surface area contributed by atoms with E-state index in [0.29, 0.717) is 22.1 Å². The Hall–Kier alpha value is -2.20. The second-order valence-corrected chi connectivity index (χ2v) is 4.93. The van der Waals surface area contributed by atoms with E-state index in [0.717, 1.165) is 11.1 Å². The minimum absolute atomic E-state index is 0.400. The molecule has 0 spiro atoms. The Bertz CT molecular complexity index is 656. The standard InChI is InChI=1S/C15H15ClN2O2/c1-9-3-5-12(8-13(9)17)20-15(19)18-14-6-4-11(16)7-10(14)2/h3-8H,17H2,1-2H3,(H,18,19). The van der Waals surface area contributed by atoms with E-state index in [1.54, 1.807) is 36.4 Å². The number of anilines is 2. The van der Waals surface area contributed by atoms with Crippen LogP contribution in [0.5, 0.6) is 5.75 Å². The van der Waals surface area contributed by atoms with Crippen LogP contribution >= 0.6 is 11.6 Å². The molecule has 20 heavy (non-hydrogen) atoms. The van der Waals surface area contributed by atoms with E-state index in [-0.39, 0.29) is 0 Å². The molecule has 0 radical (unpaired) electrons. The van der Waals surface area contributed by atoms with Gasteiger partial charge in [0, 0.05) is 22.5 Å². The minimum atomic E-state index is -0.571. The van der Waals surface area contributed by atoms with Crippen molar-refractivity contribution in [3.05, 3.63) is 52.5 Å². The van der Waals surface area contributed by atoms with Crippen LogP contribution in [0.4, 0.5) is 16.2 Å². The maximum atomic E-state index is 11.8. The van der Waals surface area contributed by atoms with Crippen molar-refractivity contribution < 1.29 is 9.53 Å². The van der Waals surface area contributed by atoms with Gasteiger partial charge in [0.15, 0.2) is 0 Å². The van der Waals surface area contributed by atoms with E-state index in [1.165, 1.54) is 0 Å². The third-order valence-corrected chi connectivity index (χ3v) is 3.12. The third-order valence-electron chi connectivity index (χ3n) is 2.89. The summed E-state index contributed by atoms with van der Waals surface area (Å²) < 4.78 is 5.18. The van der Waals surface area contributed by atoms with Crippen LogP contribution < -0.4 is 15.8 Å². The summed E-state index contributed by atoms with van der Waals surface area (Å²) in [6.45, 7) is 3.74. The number of hydrogen-bond donors (Lipinski definition) is 2. The smallest absolute Gasteiger partial charge is 0.410 e. The number of aryl methyl sites for hydroxylation is 2.